The summed E-state index contributed by atoms with van der Waals surface area (Å²) in [5.74, 6) is 0.722. The average Bonchev–Trinajstić information content (AvgIpc) is 2.56. The molecule has 6 nitrogen and oxygen atoms in total. The number of sulfone groups is 1. The number of hydrogen-bond acceptors (Lipinski definition) is 6. The molecular weight excluding hydrogens is 312 g/mol. The van der Waals surface area contributed by atoms with Crippen LogP contribution < -0.4 is 10.2 Å². The Bertz CT molecular complexity index is 739. The minimum Gasteiger partial charge on any atom is -0.371 e. The Balaban J connectivity index is 1.57. The molecular formula is C16H20N4O2S. The van der Waals surface area contributed by atoms with E-state index < -0.39 is 9.84 Å². The topological polar surface area (TPSA) is 75.2 Å². The van der Waals surface area contributed by atoms with Crippen LogP contribution >= 0.6 is 0 Å². The Kier molecular flexibility index (Phi) is 4.47. The smallest absolute Gasteiger partial charge is 0.177 e. The Morgan fingerprint density at radius 2 is 1.83 bits per heavy atom. The van der Waals surface area contributed by atoms with Crippen LogP contribution in [0.3, 0.4) is 0 Å². The highest BCUT2D eigenvalue weighted by Gasteiger charge is 2.19. The zero-order valence-electron chi connectivity index (χ0n) is 13.0. The number of nitrogens with zero attached hydrogens (tertiary/aromatic N) is 3. The van der Waals surface area contributed by atoms with Gasteiger partial charge in [0.25, 0.3) is 0 Å². The fraction of sp³-hybridized carbons (Fsp3) is 0.375. The van der Waals surface area contributed by atoms with Gasteiger partial charge in [-0.25, -0.2) is 13.4 Å². The first-order valence-electron chi connectivity index (χ1n) is 7.60. The van der Waals surface area contributed by atoms with Crippen LogP contribution in [0.2, 0.25) is 0 Å². The molecule has 0 radical (unpaired) electrons. The SMILES string of the molecule is CS(=O)(=O)c1ccc(NC2CCN(c3ccncc3)CC2)nc1. The molecule has 0 spiro atoms. The first-order valence-corrected chi connectivity index (χ1v) is 9.49. The number of anilines is 2. The molecule has 1 aliphatic heterocycles. The highest BCUT2D eigenvalue weighted by atomic mass is 32.2. The molecule has 7 heteroatoms. The van der Waals surface area contributed by atoms with Crippen molar-refractivity contribution in [1.29, 1.82) is 0 Å². The molecule has 0 aromatic carbocycles. The van der Waals surface area contributed by atoms with Crippen molar-refractivity contribution in [3.05, 3.63) is 42.9 Å². The second kappa shape index (κ2) is 6.54. The third-order valence-corrected chi connectivity index (χ3v) is 5.14. The maximum Gasteiger partial charge on any atom is 0.177 e. The normalized spacial score (nSPS) is 16.3. The van der Waals surface area contributed by atoms with Gasteiger partial charge in [-0.1, -0.05) is 0 Å². The molecule has 2 aromatic heterocycles. The Hall–Kier alpha value is -2.15. The summed E-state index contributed by atoms with van der Waals surface area (Å²) in [7, 11) is -3.19. The van der Waals surface area contributed by atoms with Gasteiger partial charge in [-0.15, -0.1) is 0 Å². The van der Waals surface area contributed by atoms with Gasteiger partial charge in [-0.3, -0.25) is 4.98 Å². The van der Waals surface area contributed by atoms with E-state index in [4.69, 9.17) is 0 Å². The van der Waals surface area contributed by atoms with E-state index in [-0.39, 0.29) is 4.90 Å². The molecule has 122 valence electrons. The van der Waals surface area contributed by atoms with Crippen molar-refractivity contribution >= 4 is 21.3 Å². The summed E-state index contributed by atoms with van der Waals surface area (Å²) in [5, 5.41) is 3.39. The maximum absolute atomic E-state index is 11.4. The van der Waals surface area contributed by atoms with E-state index in [0.29, 0.717) is 6.04 Å². The number of pyridine rings is 2. The van der Waals surface area contributed by atoms with Gasteiger partial charge in [0.05, 0.1) is 4.90 Å². The van der Waals surface area contributed by atoms with E-state index in [1.807, 2.05) is 24.5 Å². The highest BCUT2D eigenvalue weighted by molar-refractivity contribution is 7.90. The zero-order valence-corrected chi connectivity index (χ0v) is 13.8. The van der Waals surface area contributed by atoms with Crippen LogP contribution in [0.1, 0.15) is 12.8 Å². The number of hydrogen-bond donors (Lipinski definition) is 1. The quantitative estimate of drug-likeness (QED) is 0.922. The zero-order chi connectivity index (χ0) is 16.3. The van der Waals surface area contributed by atoms with E-state index in [1.165, 1.54) is 18.1 Å². The molecule has 0 unspecified atom stereocenters. The van der Waals surface area contributed by atoms with Gasteiger partial charge in [0.15, 0.2) is 9.84 Å². The van der Waals surface area contributed by atoms with Crippen LogP contribution in [0.5, 0.6) is 0 Å². The summed E-state index contributed by atoms with van der Waals surface area (Å²) in [6, 6.07) is 7.73. The van der Waals surface area contributed by atoms with Crippen molar-refractivity contribution in [2.45, 2.75) is 23.8 Å². The van der Waals surface area contributed by atoms with Gasteiger partial charge >= 0.3 is 0 Å². The van der Waals surface area contributed by atoms with Gasteiger partial charge < -0.3 is 10.2 Å². The van der Waals surface area contributed by atoms with E-state index in [1.54, 1.807) is 12.1 Å². The molecule has 0 aliphatic carbocycles. The van der Waals surface area contributed by atoms with Crippen LogP contribution in [-0.2, 0) is 9.84 Å². The third kappa shape index (κ3) is 3.98. The van der Waals surface area contributed by atoms with Crippen LogP contribution in [0, 0.1) is 0 Å². The predicted molar refractivity (Wildman–Crippen MR) is 90.4 cm³/mol. The van der Waals surface area contributed by atoms with Crippen LogP contribution in [0.15, 0.2) is 47.8 Å². The summed E-state index contributed by atoms with van der Waals surface area (Å²) in [6.07, 6.45) is 8.24. The number of nitrogens with one attached hydrogen (secondary N) is 1. The summed E-state index contributed by atoms with van der Waals surface area (Å²) in [5.41, 5.74) is 1.20. The predicted octanol–water partition coefficient (Wildman–Crippen LogP) is 1.96. The summed E-state index contributed by atoms with van der Waals surface area (Å²) >= 11 is 0. The van der Waals surface area contributed by atoms with Crippen LogP contribution in [0.25, 0.3) is 0 Å². The minimum atomic E-state index is -3.19. The molecule has 2 aromatic rings. The van der Waals surface area contributed by atoms with E-state index in [0.717, 1.165) is 31.7 Å². The standard InChI is InChI=1S/C16H20N4O2S/c1-23(21,22)15-2-3-16(18-12-15)19-13-6-10-20(11-7-13)14-4-8-17-9-5-14/h2-5,8-9,12-13H,6-7,10-11H2,1H3,(H,18,19). The number of aromatic nitrogens is 2. The van der Waals surface area contributed by atoms with Gasteiger partial charge in [0.1, 0.15) is 5.82 Å². The van der Waals surface area contributed by atoms with Crippen molar-refractivity contribution in [3.63, 3.8) is 0 Å². The van der Waals surface area contributed by atoms with E-state index in [9.17, 15) is 8.42 Å². The molecule has 1 fully saturated rings. The summed E-state index contributed by atoms with van der Waals surface area (Å²) < 4.78 is 22.9. The number of rotatable bonds is 4. The molecule has 3 rings (SSSR count). The van der Waals surface area contributed by atoms with Gasteiger partial charge in [0, 0.05) is 49.7 Å². The summed E-state index contributed by atoms with van der Waals surface area (Å²) in [6.45, 7) is 1.95. The Labute approximate surface area is 136 Å². The van der Waals surface area contributed by atoms with Gasteiger partial charge in [0.2, 0.25) is 0 Å². The van der Waals surface area contributed by atoms with Crippen molar-refractivity contribution in [3.8, 4) is 0 Å². The van der Waals surface area contributed by atoms with Crippen molar-refractivity contribution in [2.75, 3.05) is 29.6 Å². The second-order valence-corrected chi connectivity index (χ2v) is 7.78. The molecule has 0 amide bonds. The van der Waals surface area contributed by atoms with Crippen molar-refractivity contribution in [2.24, 2.45) is 0 Å². The molecule has 1 saturated heterocycles. The Morgan fingerprint density at radius 3 is 2.39 bits per heavy atom. The first kappa shape index (κ1) is 15.7. The monoisotopic (exact) mass is 332 g/mol. The fourth-order valence-corrected chi connectivity index (χ4v) is 3.29. The maximum atomic E-state index is 11.4. The first-order chi connectivity index (χ1) is 11.0. The third-order valence-electron chi connectivity index (χ3n) is 4.04. The molecule has 0 saturated carbocycles. The van der Waals surface area contributed by atoms with Crippen molar-refractivity contribution < 1.29 is 8.42 Å². The summed E-state index contributed by atoms with van der Waals surface area (Å²) in [4.78, 5) is 10.8. The second-order valence-electron chi connectivity index (χ2n) is 5.76. The fourth-order valence-electron chi connectivity index (χ4n) is 2.73. The van der Waals surface area contributed by atoms with Gasteiger partial charge in [-0.05, 0) is 37.1 Å². The Morgan fingerprint density at radius 1 is 1.13 bits per heavy atom. The number of piperidine rings is 1. The molecule has 3 heterocycles. The molecule has 1 aliphatic rings. The lowest BCUT2D eigenvalue weighted by Gasteiger charge is -2.34. The molecule has 0 atom stereocenters. The lowest BCUT2D eigenvalue weighted by atomic mass is 10.0. The van der Waals surface area contributed by atoms with Crippen LogP contribution in [-0.4, -0.2) is 43.8 Å². The van der Waals surface area contributed by atoms with Crippen LogP contribution in [0.4, 0.5) is 11.5 Å². The minimum absolute atomic E-state index is 0.246. The van der Waals surface area contributed by atoms with Gasteiger partial charge in [-0.2, -0.15) is 0 Å². The highest BCUT2D eigenvalue weighted by Crippen LogP contribution is 2.21. The lowest BCUT2D eigenvalue weighted by molar-refractivity contribution is 0.525. The van der Waals surface area contributed by atoms with Crippen molar-refractivity contribution in [1.82, 2.24) is 9.97 Å². The molecule has 23 heavy (non-hydrogen) atoms. The largest absolute Gasteiger partial charge is 0.371 e. The average molecular weight is 332 g/mol. The van der Waals surface area contributed by atoms with E-state index in [2.05, 4.69) is 20.2 Å². The lowest BCUT2D eigenvalue weighted by Crippen LogP contribution is -2.39. The molecule has 1 N–H and O–H groups in total. The van der Waals surface area contributed by atoms with E-state index >= 15 is 0 Å². The molecule has 0 bridgehead atoms.